The Labute approximate surface area is 105 Å². The van der Waals surface area contributed by atoms with Crippen molar-refractivity contribution in [2.75, 3.05) is 0 Å². The summed E-state index contributed by atoms with van der Waals surface area (Å²) in [6, 6.07) is 17.5. The van der Waals surface area contributed by atoms with Crippen LogP contribution >= 0.6 is 0 Å². The first-order chi connectivity index (χ1) is 8.84. The van der Waals surface area contributed by atoms with Gasteiger partial charge in [-0.1, -0.05) is 48.5 Å². The molecule has 1 heterocycles. The summed E-state index contributed by atoms with van der Waals surface area (Å²) in [7, 11) is 0. The summed E-state index contributed by atoms with van der Waals surface area (Å²) in [5, 5.41) is 0.967. The Kier molecular flexibility index (Phi) is 2.69. The van der Waals surface area contributed by atoms with Crippen LogP contribution in [0.4, 0.5) is 0 Å². The maximum absolute atomic E-state index is 12.2. The first-order valence-electron chi connectivity index (χ1n) is 5.85. The monoisotopic (exact) mass is 234 g/mol. The third-order valence-electron chi connectivity index (χ3n) is 2.95. The molecule has 0 saturated carbocycles. The summed E-state index contributed by atoms with van der Waals surface area (Å²) >= 11 is 0. The van der Waals surface area contributed by atoms with Crippen molar-refractivity contribution in [1.29, 1.82) is 0 Å². The van der Waals surface area contributed by atoms with E-state index in [4.69, 9.17) is 0 Å². The zero-order valence-electron chi connectivity index (χ0n) is 9.76. The van der Waals surface area contributed by atoms with Crippen molar-refractivity contribution in [2.24, 2.45) is 0 Å². The van der Waals surface area contributed by atoms with Crippen molar-refractivity contribution >= 4 is 16.7 Å². The van der Waals surface area contributed by atoms with Crippen LogP contribution in [-0.2, 0) is 0 Å². The standard InChI is InChI=1S/C16H12NO/c18-16(10-12-6-2-1-3-7-12)14-11-17-15-9-5-4-8-13(14)15/h1-11,17H. The van der Waals surface area contributed by atoms with Crippen molar-refractivity contribution in [3.05, 3.63) is 78.3 Å². The predicted octanol–water partition coefficient (Wildman–Crippen LogP) is 3.60. The van der Waals surface area contributed by atoms with Crippen LogP contribution in [0.15, 0.2) is 60.8 Å². The van der Waals surface area contributed by atoms with Crippen LogP contribution in [0.2, 0.25) is 0 Å². The Morgan fingerprint density at radius 2 is 1.67 bits per heavy atom. The van der Waals surface area contributed by atoms with Crippen molar-refractivity contribution in [3.8, 4) is 0 Å². The Balaban J connectivity index is 1.93. The molecule has 18 heavy (non-hydrogen) atoms. The molecule has 0 fully saturated rings. The average Bonchev–Trinajstić information content (AvgIpc) is 2.84. The zero-order chi connectivity index (χ0) is 12.4. The first kappa shape index (κ1) is 10.8. The Bertz CT molecular complexity index is 682. The number of para-hydroxylation sites is 1. The van der Waals surface area contributed by atoms with E-state index in [0.717, 1.165) is 22.0 Å². The number of benzene rings is 2. The van der Waals surface area contributed by atoms with Gasteiger partial charge in [0.25, 0.3) is 0 Å². The highest BCUT2D eigenvalue weighted by atomic mass is 16.1. The lowest BCUT2D eigenvalue weighted by Crippen LogP contribution is -1.99. The number of H-pyrrole nitrogens is 1. The molecule has 2 nitrogen and oxygen atoms in total. The number of aromatic nitrogens is 1. The summed E-state index contributed by atoms with van der Waals surface area (Å²) < 4.78 is 0. The van der Waals surface area contributed by atoms with Gasteiger partial charge in [0.2, 0.25) is 0 Å². The van der Waals surface area contributed by atoms with Gasteiger partial charge in [0.05, 0.1) is 6.42 Å². The van der Waals surface area contributed by atoms with Gasteiger partial charge in [0, 0.05) is 22.7 Å². The fourth-order valence-corrected chi connectivity index (χ4v) is 2.05. The number of carbonyl (C=O) groups is 1. The highest BCUT2D eigenvalue weighted by molar-refractivity contribution is 6.13. The molecule has 1 N–H and O–H groups in total. The molecule has 0 bridgehead atoms. The minimum atomic E-state index is 0.0265. The molecular formula is C16H12NO. The van der Waals surface area contributed by atoms with E-state index in [-0.39, 0.29) is 5.78 Å². The molecule has 0 aliphatic heterocycles. The normalized spacial score (nSPS) is 10.7. The van der Waals surface area contributed by atoms with Crippen LogP contribution in [0, 0.1) is 6.42 Å². The minimum absolute atomic E-state index is 0.0265. The minimum Gasteiger partial charge on any atom is -0.360 e. The quantitative estimate of drug-likeness (QED) is 0.690. The van der Waals surface area contributed by atoms with Gasteiger partial charge in [-0.3, -0.25) is 4.79 Å². The topological polar surface area (TPSA) is 32.9 Å². The van der Waals surface area contributed by atoms with E-state index in [1.54, 1.807) is 12.6 Å². The number of Topliss-reactive ketones (excluding diaryl/α,β-unsaturated/α-hetero) is 1. The average molecular weight is 234 g/mol. The van der Waals surface area contributed by atoms with Gasteiger partial charge < -0.3 is 4.98 Å². The summed E-state index contributed by atoms with van der Waals surface area (Å²) in [5.41, 5.74) is 2.63. The van der Waals surface area contributed by atoms with Crippen LogP contribution in [0.5, 0.6) is 0 Å². The molecular weight excluding hydrogens is 222 g/mol. The van der Waals surface area contributed by atoms with Gasteiger partial charge in [0.15, 0.2) is 5.78 Å². The van der Waals surface area contributed by atoms with Gasteiger partial charge in [-0.05, 0) is 11.6 Å². The first-order valence-corrected chi connectivity index (χ1v) is 5.85. The van der Waals surface area contributed by atoms with Gasteiger partial charge in [-0.2, -0.15) is 0 Å². The summed E-state index contributed by atoms with van der Waals surface area (Å²) in [6.45, 7) is 0. The Morgan fingerprint density at radius 3 is 2.50 bits per heavy atom. The van der Waals surface area contributed by atoms with E-state index in [1.165, 1.54) is 0 Å². The highest BCUT2D eigenvalue weighted by Gasteiger charge is 2.12. The summed E-state index contributed by atoms with van der Waals surface area (Å²) in [4.78, 5) is 15.3. The number of nitrogens with one attached hydrogen (secondary N) is 1. The fraction of sp³-hybridized carbons (Fsp3) is 0. The number of fused-ring (bicyclic) bond motifs is 1. The van der Waals surface area contributed by atoms with E-state index in [2.05, 4.69) is 4.98 Å². The van der Waals surface area contributed by atoms with Gasteiger partial charge in [0.1, 0.15) is 0 Å². The molecule has 3 rings (SSSR count). The van der Waals surface area contributed by atoms with Gasteiger partial charge >= 0.3 is 0 Å². The van der Waals surface area contributed by atoms with Crippen molar-refractivity contribution < 1.29 is 4.79 Å². The Hall–Kier alpha value is -2.35. The van der Waals surface area contributed by atoms with Crippen LogP contribution in [0.25, 0.3) is 10.9 Å². The van der Waals surface area contributed by atoms with E-state index in [9.17, 15) is 4.79 Å². The number of rotatable bonds is 3. The van der Waals surface area contributed by atoms with Crippen LogP contribution < -0.4 is 0 Å². The lowest BCUT2D eigenvalue weighted by atomic mass is 10.0. The number of hydrogen-bond acceptors (Lipinski definition) is 1. The molecule has 1 radical (unpaired) electrons. The molecule has 87 valence electrons. The SMILES string of the molecule is O=C([CH]c1ccccc1)c1c[nH]c2ccccc12. The maximum atomic E-state index is 12.2. The molecule has 0 aliphatic carbocycles. The molecule has 2 aromatic carbocycles. The van der Waals surface area contributed by atoms with E-state index < -0.39 is 0 Å². The number of aromatic amines is 1. The molecule has 3 aromatic rings. The van der Waals surface area contributed by atoms with E-state index in [1.807, 2.05) is 54.6 Å². The lowest BCUT2D eigenvalue weighted by Gasteiger charge is -1.99. The second-order valence-electron chi connectivity index (χ2n) is 4.17. The number of carbonyl (C=O) groups excluding carboxylic acids is 1. The van der Waals surface area contributed by atoms with E-state index in [0.29, 0.717) is 0 Å². The second kappa shape index (κ2) is 4.49. The van der Waals surface area contributed by atoms with E-state index >= 15 is 0 Å². The van der Waals surface area contributed by atoms with Crippen molar-refractivity contribution in [1.82, 2.24) is 4.98 Å². The maximum Gasteiger partial charge on any atom is 0.173 e. The zero-order valence-corrected chi connectivity index (χ0v) is 9.76. The molecule has 0 saturated heterocycles. The van der Waals surface area contributed by atoms with Crippen molar-refractivity contribution in [2.45, 2.75) is 0 Å². The van der Waals surface area contributed by atoms with Gasteiger partial charge in [-0.25, -0.2) is 0 Å². The smallest absolute Gasteiger partial charge is 0.173 e. The van der Waals surface area contributed by atoms with Gasteiger partial charge in [-0.15, -0.1) is 0 Å². The summed E-state index contributed by atoms with van der Waals surface area (Å²) in [6.07, 6.45) is 3.43. The molecule has 0 aliphatic rings. The van der Waals surface area contributed by atoms with Crippen LogP contribution in [-0.4, -0.2) is 10.8 Å². The van der Waals surface area contributed by atoms with Crippen LogP contribution in [0.1, 0.15) is 15.9 Å². The third-order valence-corrected chi connectivity index (χ3v) is 2.95. The molecule has 0 unspecified atom stereocenters. The largest absolute Gasteiger partial charge is 0.360 e. The molecule has 2 heteroatoms. The molecule has 0 atom stereocenters. The lowest BCUT2D eigenvalue weighted by molar-refractivity contribution is 0.103. The third kappa shape index (κ3) is 1.93. The molecule has 1 aromatic heterocycles. The number of ketones is 1. The number of hydrogen-bond donors (Lipinski definition) is 1. The summed E-state index contributed by atoms with van der Waals surface area (Å²) in [5.74, 6) is 0.0265. The highest BCUT2D eigenvalue weighted by Crippen LogP contribution is 2.20. The predicted molar refractivity (Wildman–Crippen MR) is 72.5 cm³/mol. The van der Waals surface area contributed by atoms with Crippen LogP contribution in [0.3, 0.4) is 0 Å². The fourth-order valence-electron chi connectivity index (χ4n) is 2.05. The molecule has 0 spiro atoms. The molecule has 0 amide bonds. The Morgan fingerprint density at radius 1 is 0.944 bits per heavy atom. The second-order valence-corrected chi connectivity index (χ2v) is 4.17. The van der Waals surface area contributed by atoms with Crippen molar-refractivity contribution in [3.63, 3.8) is 0 Å².